The summed E-state index contributed by atoms with van der Waals surface area (Å²) in [5, 5.41) is 0. The van der Waals surface area contributed by atoms with Gasteiger partial charge in [-0.2, -0.15) is 0 Å². The van der Waals surface area contributed by atoms with Crippen molar-refractivity contribution in [1.29, 1.82) is 0 Å². The van der Waals surface area contributed by atoms with Crippen LogP contribution in [-0.2, 0) is 0 Å². The zero-order valence-electron chi connectivity index (χ0n) is 13.0. The van der Waals surface area contributed by atoms with E-state index in [1.54, 1.807) is 12.1 Å². The minimum Gasteiger partial charge on any atom is -0.329 e. The maximum absolute atomic E-state index is 13.9. The van der Waals surface area contributed by atoms with Gasteiger partial charge in [0.25, 0.3) is 0 Å². The van der Waals surface area contributed by atoms with E-state index in [1.165, 1.54) is 25.7 Å². The first-order valence-corrected chi connectivity index (χ1v) is 8.73. The second-order valence-electron chi connectivity index (χ2n) is 6.45. The molecular formula is C17H26BrFN2. The molecule has 1 aromatic carbocycles. The third-order valence-corrected chi connectivity index (χ3v) is 4.96. The van der Waals surface area contributed by atoms with Crippen molar-refractivity contribution in [2.45, 2.75) is 51.6 Å². The van der Waals surface area contributed by atoms with E-state index in [0.717, 1.165) is 12.1 Å². The van der Waals surface area contributed by atoms with Crippen molar-refractivity contribution in [2.24, 2.45) is 11.7 Å². The summed E-state index contributed by atoms with van der Waals surface area (Å²) >= 11 is 3.22. The molecule has 1 saturated carbocycles. The van der Waals surface area contributed by atoms with Crippen molar-refractivity contribution in [3.63, 3.8) is 0 Å². The molecule has 1 aliphatic carbocycles. The fourth-order valence-corrected chi connectivity index (χ4v) is 3.62. The Labute approximate surface area is 136 Å². The number of rotatable bonds is 6. The molecule has 1 atom stereocenters. The van der Waals surface area contributed by atoms with Crippen LogP contribution in [0.5, 0.6) is 0 Å². The summed E-state index contributed by atoms with van der Waals surface area (Å²) in [6.07, 6.45) is 5.07. The molecule has 0 heterocycles. The average Bonchev–Trinajstić information content (AvgIpc) is 2.96. The third kappa shape index (κ3) is 4.27. The first-order chi connectivity index (χ1) is 10.0. The van der Waals surface area contributed by atoms with Gasteiger partial charge >= 0.3 is 0 Å². The topological polar surface area (TPSA) is 29.3 Å². The Bertz CT molecular complexity index is 458. The van der Waals surface area contributed by atoms with Crippen molar-refractivity contribution in [2.75, 3.05) is 13.1 Å². The Morgan fingerprint density at radius 1 is 1.33 bits per heavy atom. The zero-order valence-corrected chi connectivity index (χ0v) is 14.6. The fourth-order valence-electron chi connectivity index (χ4n) is 3.37. The molecule has 1 aliphatic rings. The number of hydrogen-bond donors (Lipinski definition) is 1. The molecule has 118 valence electrons. The first-order valence-electron chi connectivity index (χ1n) is 7.93. The molecule has 2 nitrogen and oxygen atoms in total. The summed E-state index contributed by atoms with van der Waals surface area (Å²) in [6.45, 7) is 6.02. The normalized spacial score (nSPS) is 17.9. The maximum Gasteiger partial charge on any atom is 0.137 e. The van der Waals surface area contributed by atoms with Gasteiger partial charge in [-0.1, -0.05) is 32.8 Å². The lowest BCUT2D eigenvalue weighted by Crippen LogP contribution is -2.42. The van der Waals surface area contributed by atoms with Crippen LogP contribution in [0.1, 0.15) is 51.1 Å². The van der Waals surface area contributed by atoms with Gasteiger partial charge in [-0.05, 0) is 52.4 Å². The lowest BCUT2D eigenvalue weighted by Gasteiger charge is -2.37. The number of nitrogens with two attached hydrogens (primary N) is 1. The molecule has 0 bridgehead atoms. The SMILES string of the molecule is CC(C)CN(C1CCCC1)C(CN)c1ccc(Br)c(F)c1. The standard InChI is InChI=1S/C17H26BrFN2/c1-12(2)11-21(14-5-3-4-6-14)17(10-20)13-7-8-15(18)16(19)9-13/h7-9,12,14,17H,3-6,10-11,20H2,1-2H3. The highest BCUT2D eigenvalue weighted by atomic mass is 79.9. The van der Waals surface area contributed by atoms with E-state index in [0.29, 0.717) is 23.0 Å². The molecule has 2 rings (SSSR count). The van der Waals surface area contributed by atoms with Crippen LogP contribution in [0.4, 0.5) is 4.39 Å². The van der Waals surface area contributed by atoms with Crippen molar-refractivity contribution in [3.05, 3.63) is 34.1 Å². The summed E-state index contributed by atoms with van der Waals surface area (Å²) in [7, 11) is 0. The van der Waals surface area contributed by atoms with Gasteiger partial charge in [0.1, 0.15) is 5.82 Å². The Kier molecular flexibility index (Phi) is 6.20. The van der Waals surface area contributed by atoms with Gasteiger partial charge < -0.3 is 5.73 Å². The second kappa shape index (κ2) is 7.70. The van der Waals surface area contributed by atoms with Gasteiger partial charge in [0.05, 0.1) is 4.47 Å². The van der Waals surface area contributed by atoms with Crippen molar-refractivity contribution in [3.8, 4) is 0 Å². The quantitative estimate of drug-likeness (QED) is 0.813. The molecule has 0 aromatic heterocycles. The molecule has 1 aromatic rings. The van der Waals surface area contributed by atoms with Crippen molar-refractivity contribution < 1.29 is 4.39 Å². The van der Waals surface area contributed by atoms with Crippen LogP contribution in [0.25, 0.3) is 0 Å². The molecule has 21 heavy (non-hydrogen) atoms. The largest absolute Gasteiger partial charge is 0.329 e. The van der Waals surface area contributed by atoms with Crippen LogP contribution >= 0.6 is 15.9 Å². The second-order valence-corrected chi connectivity index (χ2v) is 7.31. The first kappa shape index (κ1) is 16.9. The lowest BCUT2D eigenvalue weighted by molar-refractivity contribution is 0.121. The van der Waals surface area contributed by atoms with Crippen LogP contribution < -0.4 is 5.73 Å². The molecular weight excluding hydrogens is 331 g/mol. The highest BCUT2D eigenvalue weighted by Crippen LogP contribution is 2.32. The molecule has 1 fully saturated rings. The van der Waals surface area contributed by atoms with E-state index in [9.17, 15) is 4.39 Å². The maximum atomic E-state index is 13.9. The van der Waals surface area contributed by atoms with E-state index in [1.807, 2.05) is 6.07 Å². The molecule has 0 aliphatic heterocycles. The smallest absolute Gasteiger partial charge is 0.137 e. The number of benzene rings is 1. The average molecular weight is 357 g/mol. The lowest BCUT2D eigenvalue weighted by atomic mass is 10.0. The summed E-state index contributed by atoms with van der Waals surface area (Å²) in [4.78, 5) is 2.51. The molecule has 0 spiro atoms. The van der Waals surface area contributed by atoms with Crippen LogP contribution in [0.3, 0.4) is 0 Å². The molecule has 0 radical (unpaired) electrons. The minimum atomic E-state index is -0.207. The van der Waals surface area contributed by atoms with E-state index < -0.39 is 0 Å². The fraction of sp³-hybridized carbons (Fsp3) is 0.647. The van der Waals surface area contributed by atoms with E-state index in [-0.39, 0.29) is 11.9 Å². The Morgan fingerprint density at radius 2 is 2.00 bits per heavy atom. The Morgan fingerprint density at radius 3 is 2.52 bits per heavy atom. The number of hydrogen-bond acceptors (Lipinski definition) is 2. The molecule has 0 saturated heterocycles. The summed E-state index contributed by atoms with van der Waals surface area (Å²) < 4.78 is 14.4. The monoisotopic (exact) mass is 356 g/mol. The van der Waals surface area contributed by atoms with Gasteiger partial charge in [-0.15, -0.1) is 0 Å². The summed E-state index contributed by atoms with van der Waals surface area (Å²) in [5.41, 5.74) is 7.05. The zero-order chi connectivity index (χ0) is 15.4. The van der Waals surface area contributed by atoms with Crippen molar-refractivity contribution in [1.82, 2.24) is 4.90 Å². The third-order valence-electron chi connectivity index (χ3n) is 4.32. The molecule has 2 N–H and O–H groups in total. The van der Waals surface area contributed by atoms with Crippen LogP contribution in [-0.4, -0.2) is 24.0 Å². The number of nitrogens with zero attached hydrogens (tertiary/aromatic N) is 1. The van der Waals surface area contributed by atoms with Crippen LogP contribution in [0.15, 0.2) is 22.7 Å². The van der Waals surface area contributed by atoms with Crippen LogP contribution in [0, 0.1) is 11.7 Å². The Hall–Kier alpha value is -0.450. The van der Waals surface area contributed by atoms with E-state index >= 15 is 0 Å². The van der Waals surface area contributed by atoms with Crippen molar-refractivity contribution >= 4 is 15.9 Å². The van der Waals surface area contributed by atoms with Gasteiger partial charge in [0.2, 0.25) is 0 Å². The minimum absolute atomic E-state index is 0.109. The van der Waals surface area contributed by atoms with E-state index in [2.05, 4.69) is 34.7 Å². The van der Waals surface area contributed by atoms with E-state index in [4.69, 9.17) is 5.73 Å². The van der Waals surface area contributed by atoms with Gasteiger partial charge in [0.15, 0.2) is 0 Å². The van der Waals surface area contributed by atoms with Gasteiger partial charge in [-0.3, -0.25) is 4.90 Å². The molecule has 4 heteroatoms. The predicted molar refractivity (Wildman–Crippen MR) is 89.7 cm³/mol. The summed E-state index contributed by atoms with van der Waals surface area (Å²) in [6, 6.07) is 6.11. The predicted octanol–water partition coefficient (Wildman–Crippen LogP) is 4.49. The van der Waals surface area contributed by atoms with Crippen LogP contribution in [0.2, 0.25) is 0 Å². The van der Waals surface area contributed by atoms with Gasteiger partial charge in [-0.25, -0.2) is 4.39 Å². The molecule has 0 amide bonds. The summed E-state index contributed by atoms with van der Waals surface area (Å²) in [5.74, 6) is 0.377. The Balaban J connectivity index is 2.26. The van der Waals surface area contributed by atoms with Gasteiger partial charge in [0, 0.05) is 25.2 Å². The molecule has 1 unspecified atom stereocenters. The highest BCUT2D eigenvalue weighted by molar-refractivity contribution is 9.10. The number of halogens is 2. The highest BCUT2D eigenvalue weighted by Gasteiger charge is 2.29.